The quantitative estimate of drug-likeness (QED) is 0.837. The van der Waals surface area contributed by atoms with E-state index in [9.17, 15) is 0 Å². The first-order valence-electron chi connectivity index (χ1n) is 8.96. The Hall–Kier alpha value is -1.63. The molecule has 0 N–H and O–H groups in total. The van der Waals surface area contributed by atoms with Crippen LogP contribution < -0.4 is 4.90 Å². The second kappa shape index (κ2) is 7.32. The summed E-state index contributed by atoms with van der Waals surface area (Å²) in [4.78, 5) is 11.8. The highest BCUT2D eigenvalue weighted by atomic mass is 35.5. The predicted molar refractivity (Wildman–Crippen MR) is 99.0 cm³/mol. The molecular formula is C18H24ClN5O. The molecule has 2 fully saturated rings. The molecule has 1 atom stereocenters. The molecule has 2 aliphatic rings. The van der Waals surface area contributed by atoms with Crippen LogP contribution in [-0.4, -0.2) is 72.3 Å². The number of halogens is 1. The fraction of sp³-hybridized carbons (Fsp3) is 0.556. The van der Waals surface area contributed by atoms with Gasteiger partial charge in [0.15, 0.2) is 0 Å². The molecule has 3 heterocycles. The highest BCUT2D eigenvalue weighted by molar-refractivity contribution is 6.30. The van der Waals surface area contributed by atoms with E-state index in [1.54, 1.807) is 0 Å². The Morgan fingerprint density at radius 1 is 1.16 bits per heavy atom. The van der Waals surface area contributed by atoms with Gasteiger partial charge in [0, 0.05) is 49.4 Å². The van der Waals surface area contributed by atoms with Gasteiger partial charge in [-0.25, -0.2) is 0 Å². The predicted octanol–water partition coefficient (Wildman–Crippen LogP) is 2.61. The highest BCUT2D eigenvalue weighted by Gasteiger charge is 2.28. The second-order valence-corrected chi connectivity index (χ2v) is 7.43. The molecule has 1 aromatic heterocycles. The van der Waals surface area contributed by atoms with Gasteiger partial charge in [0.2, 0.25) is 5.82 Å². The van der Waals surface area contributed by atoms with Crippen LogP contribution in [0.1, 0.15) is 12.8 Å². The van der Waals surface area contributed by atoms with Gasteiger partial charge in [-0.05, 0) is 38.6 Å². The number of piperazine rings is 1. The lowest BCUT2D eigenvalue weighted by atomic mass is 10.0. The van der Waals surface area contributed by atoms with Crippen molar-refractivity contribution in [2.24, 2.45) is 0 Å². The number of anilines is 1. The summed E-state index contributed by atoms with van der Waals surface area (Å²) in [5, 5.41) is 4.79. The normalized spacial score (nSPS) is 23.1. The van der Waals surface area contributed by atoms with E-state index in [1.165, 1.54) is 25.9 Å². The number of nitrogens with zero attached hydrogens (tertiary/aromatic N) is 5. The largest absolute Gasteiger partial charge is 0.324 e. The molecule has 0 aliphatic carbocycles. The smallest absolute Gasteiger partial charge is 0.322 e. The summed E-state index contributed by atoms with van der Waals surface area (Å²) >= 11 is 6.04. The molecule has 25 heavy (non-hydrogen) atoms. The van der Waals surface area contributed by atoms with Crippen LogP contribution in [0.4, 0.5) is 6.01 Å². The lowest BCUT2D eigenvalue weighted by Crippen LogP contribution is -2.54. The third-order valence-electron chi connectivity index (χ3n) is 5.20. The molecule has 1 aromatic carbocycles. The van der Waals surface area contributed by atoms with Gasteiger partial charge in [-0.2, -0.15) is 4.98 Å². The van der Waals surface area contributed by atoms with Gasteiger partial charge >= 0.3 is 6.01 Å². The number of rotatable bonds is 3. The van der Waals surface area contributed by atoms with Crippen molar-refractivity contribution in [3.63, 3.8) is 0 Å². The molecule has 0 bridgehead atoms. The minimum absolute atomic E-state index is 0.592. The van der Waals surface area contributed by atoms with E-state index < -0.39 is 0 Å². The van der Waals surface area contributed by atoms with Crippen LogP contribution in [0.5, 0.6) is 0 Å². The Labute approximate surface area is 153 Å². The third kappa shape index (κ3) is 3.81. The molecule has 0 radical (unpaired) electrons. The van der Waals surface area contributed by atoms with Crippen molar-refractivity contribution in [3.8, 4) is 11.4 Å². The van der Waals surface area contributed by atoms with Crippen molar-refractivity contribution in [1.29, 1.82) is 0 Å². The SMILES string of the molecule is CN1CCCC(N2CCN(c3nc(-c4cccc(Cl)c4)no3)CC2)C1. The Bertz CT molecular complexity index is 713. The van der Waals surface area contributed by atoms with Crippen LogP contribution in [0.2, 0.25) is 5.02 Å². The van der Waals surface area contributed by atoms with Crippen molar-refractivity contribution >= 4 is 17.6 Å². The maximum atomic E-state index is 6.04. The van der Waals surface area contributed by atoms with Crippen molar-refractivity contribution in [2.45, 2.75) is 18.9 Å². The standard InChI is InChI=1S/C18H24ClN5O/c1-22-7-3-6-16(13-22)23-8-10-24(11-9-23)18-20-17(21-25-18)14-4-2-5-15(19)12-14/h2,4-5,12,16H,3,6-11,13H2,1H3. The number of likely N-dealkylation sites (tertiary alicyclic amines) is 1. The first-order valence-corrected chi connectivity index (χ1v) is 9.34. The van der Waals surface area contributed by atoms with Crippen molar-refractivity contribution < 1.29 is 4.52 Å². The minimum atomic E-state index is 0.592. The van der Waals surface area contributed by atoms with E-state index >= 15 is 0 Å². The Kier molecular flexibility index (Phi) is 4.92. The van der Waals surface area contributed by atoms with Crippen LogP contribution in [0.15, 0.2) is 28.8 Å². The van der Waals surface area contributed by atoms with E-state index in [0.29, 0.717) is 22.9 Å². The van der Waals surface area contributed by atoms with E-state index in [-0.39, 0.29) is 0 Å². The molecular weight excluding hydrogens is 338 g/mol. The van der Waals surface area contributed by atoms with E-state index in [1.807, 2.05) is 24.3 Å². The Balaban J connectivity index is 1.38. The highest BCUT2D eigenvalue weighted by Crippen LogP contribution is 2.24. The van der Waals surface area contributed by atoms with E-state index in [2.05, 4.69) is 31.9 Å². The first-order chi connectivity index (χ1) is 12.2. The fourth-order valence-corrected chi connectivity index (χ4v) is 3.99. The summed E-state index contributed by atoms with van der Waals surface area (Å²) in [6.45, 7) is 6.36. The van der Waals surface area contributed by atoms with Crippen molar-refractivity contribution in [1.82, 2.24) is 19.9 Å². The van der Waals surface area contributed by atoms with Crippen molar-refractivity contribution in [3.05, 3.63) is 29.3 Å². The second-order valence-electron chi connectivity index (χ2n) is 6.99. The van der Waals surface area contributed by atoms with Gasteiger partial charge in [0.05, 0.1) is 0 Å². The van der Waals surface area contributed by atoms with Crippen LogP contribution in [-0.2, 0) is 0 Å². The Morgan fingerprint density at radius 2 is 2.00 bits per heavy atom. The average molecular weight is 362 g/mol. The van der Waals surface area contributed by atoms with Crippen LogP contribution in [0.25, 0.3) is 11.4 Å². The number of aromatic nitrogens is 2. The summed E-state index contributed by atoms with van der Waals surface area (Å²) in [5.41, 5.74) is 0.881. The van der Waals surface area contributed by atoms with Gasteiger partial charge in [-0.1, -0.05) is 28.9 Å². The van der Waals surface area contributed by atoms with Crippen LogP contribution >= 0.6 is 11.6 Å². The summed E-state index contributed by atoms with van der Waals surface area (Å²) in [6.07, 6.45) is 2.61. The molecule has 6 nitrogen and oxygen atoms in total. The maximum Gasteiger partial charge on any atom is 0.324 e. The number of likely N-dealkylation sites (N-methyl/N-ethyl adjacent to an activating group) is 1. The zero-order valence-corrected chi connectivity index (χ0v) is 15.3. The molecule has 0 spiro atoms. The summed E-state index contributed by atoms with van der Waals surface area (Å²) in [6, 6.07) is 8.83. The van der Waals surface area contributed by atoms with Gasteiger partial charge < -0.3 is 14.3 Å². The average Bonchev–Trinajstić information content (AvgIpc) is 3.12. The summed E-state index contributed by atoms with van der Waals surface area (Å²) in [7, 11) is 2.22. The zero-order chi connectivity index (χ0) is 17.2. The summed E-state index contributed by atoms with van der Waals surface area (Å²) < 4.78 is 5.49. The molecule has 2 aliphatic heterocycles. The third-order valence-corrected chi connectivity index (χ3v) is 5.43. The maximum absolute atomic E-state index is 6.04. The minimum Gasteiger partial charge on any atom is -0.322 e. The lowest BCUT2D eigenvalue weighted by molar-refractivity contribution is 0.105. The van der Waals surface area contributed by atoms with Gasteiger partial charge in [0.25, 0.3) is 0 Å². The molecule has 134 valence electrons. The first kappa shape index (κ1) is 16.8. The molecule has 1 unspecified atom stereocenters. The number of hydrogen-bond donors (Lipinski definition) is 0. The molecule has 7 heteroatoms. The van der Waals surface area contributed by atoms with Crippen LogP contribution in [0.3, 0.4) is 0 Å². The van der Waals surface area contributed by atoms with Gasteiger partial charge in [-0.3, -0.25) is 4.90 Å². The monoisotopic (exact) mass is 361 g/mol. The van der Waals surface area contributed by atoms with E-state index in [0.717, 1.165) is 31.7 Å². The number of piperidine rings is 1. The van der Waals surface area contributed by atoms with Gasteiger partial charge in [0.1, 0.15) is 0 Å². The van der Waals surface area contributed by atoms with Gasteiger partial charge in [-0.15, -0.1) is 0 Å². The molecule has 0 saturated carbocycles. The van der Waals surface area contributed by atoms with Crippen LogP contribution in [0, 0.1) is 0 Å². The fourth-order valence-electron chi connectivity index (χ4n) is 3.80. The number of hydrogen-bond acceptors (Lipinski definition) is 6. The Morgan fingerprint density at radius 3 is 2.76 bits per heavy atom. The molecule has 4 rings (SSSR count). The van der Waals surface area contributed by atoms with E-state index in [4.69, 9.17) is 16.1 Å². The molecule has 2 saturated heterocycles. The zero-order valence-electron chi connectivity index (χ0n) is 14.6. The van der Waals surface area contributed by atoms with Crippen molar-refractivity contribution in [2.75, 3.05) is 51.2 Å². The molecule has 2 aromatic rings. The number of benzene rings is 1. The molecule has 0 amide bonds. The lowest BCUT2D eigenvalue weighted by Gasteiger charge is -2.42. The topological polar surface area (TPSA) is 48.6 Å². The summed E-state index contributed by atoms with van der Waals surface area (Å²) in [5.74, 6) is 0.592.